The molecule has 5 heteroatoms. The lowest BCUT2D eigenvalue weighted by molar-refractivity contribution is 0.0687. The molecule has 92 valence electrons. The summed E-state index contributed by atoms with van der Waals surface area (Å²) in [5, 5.41) is 12.8. The summed E-state index contributed by atoms with van der Waals surface area (Å²) in [5.74, 6) is -1.21. The number of nitrogens with zero attached hydrogens (tertiary/aromatic N) is 2. The van der Waals surface area contributed by atoms with Crippen LogP contribution in [0.2, 0.25) is 0 Å². The highest BCUT2D eigenvalue weighted by Crippen LogP contribution is 2.15. The van der Waals surface area contributed by atoms with Gasteiger partial charge in [0.2, 0.25) is 0 Å². The molecule has 0 aliphatic carbocycles. The molecule has 1 N–H and O–H groups in total. The standard InChI is InChI=1S/C13H12N2O3/c1-8-3-4-11(5-9(8)2)15-6-10(7-16)12(14-15)13(17)18/h3-7H,1-2H3,(H,17,18). The molecule has 1 heterocycles. The largest absolute Gasteiger partial charge is 0.476 e. The molecule has 1 aromatic carbocycles. The maximum Gasteiger partial charge on any atom is 0.357 e. The number of rotatable bonds is 3. The molecule has 2 rings (SSSR count). The minimum Gasteiger partial charge on any atom is -0.476 e. The monoisotopic (exact) mass is 244 g/mol. The number of hydrogen-bond acceptors (Lipinski definition) is 3. The number of aromatic nitrogens is 2. The fourth-order valence-electron chi connectivity index (χ4n) is 1.64. The lowest BCUT2D eigenvalue weighted by Crippen LogP contribution is -2.02. The molecule has 0 saturated heterocycles. The average molecular weight is 244 g/mol. The first-order chi connectivity index (χ1) is 8.52. The van der Waals surface area contributed by atoms with E-state index < -0.39 is 5.97 Å². The minimum absolute atomic E-state index is 0.0701. The lowest BCUT2D eigenvalue weighted by Gasteiger charge is -2.04. The molecular weight excluding hydrogens is 232 g/mol. The molecule has 18 heavy (non-hydrogen) atoms. The molecule has 0 amide bonds. The number of benzene rings is 1. The van der Waals surface area contributed by atoms with Crippen molar-refractivity contribution in [3.8, 4) is 5.69 Å². The third kappa shape index (κ3) is 2.02. The smallest absolute Gasteiger partial charge is 0.357 e. The van der Waals surface area contributed by atoms with E-state index in [1.54, 1.807) is 0 Å². The molecule has 0 aliphatic rings. The Hall–Kier alpha value is -2.43. The van der Waals surface area contributed by atoms with Gasteiger partial charge in [-0.05, 0) is 37.1 Å². The molecule has 0 unspecified atom stereocenters. The van der Waals surface area contributed by atoms with Crippen LogP contribution in [-0.2, 0) is 0 Å². The Balaban J connectivity index is 2.54. The summed E-state index contributed by atoms with van der Waals surface area (Å²) in [6.45, 7) is 3.95. The maximum atomic E-state index is 10.9. The summed E-state index contributed by atoms with van der Waals surface area (Å²) in [4.78, 5) is 21.7. The molecular formula is C13H12N2O3. The summed E-state index contributed by atoms with van der Waals surface area (Å²) in [5.41, 5.74) is 2.78. The van der Waals surface area contributed by atoms with Crippen molar-refractivity contribution in [1.29, 1.82) is 0 Å². The number of carboxylic acids is 1. The third-order valence-corrected chi connectivity index (χ3v) is 2.83. The molecule has 2 aromatic rings. The van der Waals surface area contributed by atoms with Crippen molar-refractivity contribution in [2.45, 2.75) is 13.8 Å². The quantitative estimate of drug-likeness (QED) is 0.838. The van der Waals surface area contributed by atoms with E-state index in [1.807, 2.05) is 32.0 Å². The Kier molecular flexibility index (Phi) is 2.97. The van der Waals surface area contributed by atoms with Crippen LogP contribution in [0.5, 0.6) is 0 Å². The number of carboxylic acid groups (broad SMARTS) is 1. The van der Waals surface area contributed by atoms with Gasteiger partial charge < -0.3 is 5.11 Å². The van der Waals surface area contributed by atoms with E-state index >= 15 is 0 Å². The first-order valence-corrected chi connectivity index (χ1v) is 5.38. The van der Waals surface area contributed by atoms with Crippen LogP contribution >= 0.6 is 0 Å². The number of carbonyl (C=O) groups excluding carboxylic acids is 1. The van der Waals surface area contributed by atoms with Crippen molar-refractivity contribution in [1.82, 2.24) is 9.78 Å². The first kappa shape index (κ1) is 12.0. The van der Waals surface area contributed by atoms with Crippen molar-refractivity contribution in [2.24, 2.45) is 0 Å². The third-order valence-electron chi connectivity index (χ3n) is 2.83. The normalized spacial score (nSPS) is 10.3. The van der Waals surface area contributed by atoms with Gasteiger partial charge in [-0.2, -0.15) is 5.10 Å². The highest BCUT2D eigenvalue weighted by atomic mass is 16.4. The zero-order chi connectivity index (χ0) is 13.3. The number of aromatic carboxylic acids is 1. The SMILES string of the molecule is Cc1ccc(-n2cc(C=O)c(C(=O)O)n2)cc1C. The van der Waals surface area contributed by atoms with Gasteiger partial charge in [-0.3, -0.25) is 4.79 Å². The van der Waals surface area contributed by atoms with Crippen LogP contribution < -0.4 is 0 Å². The van der Waals surface area contributed by atoms with Gasteiger partial charge in [0.25, 0.3) is 0 Å². The molecule has 5 nitrogen and oxygen atoms in total. The number of hydrogen-bond donors (Lipinski definition) is 1. The van der Waals surface area contributed by atoms with Crippen LogP contribution in [0.25, 0.3) is 5.69 Å². The fourth-order valence-corrected chi connectivity index (χ4v) is 1.64. The molecule has 0 aliphatic heterocycles. The summed E-state index contributed by atoms with van der Waals surface area (Å²) in [6, 6.07) is 5.64. The van der Waals surface area contributed by atoms with Gasteiger partial charge in [0.15, 0.2) is 12.0 Å². The van der Waals surface area contributed by atoms with Crippen LogP contribution in [0.15, 0.2) is 24.4 Å². The molecule has 0 spiro atoms. The van der Waals surface area contributed by atoms with Crippen LogP contribution in [0.3, 0.4) is 0 Å². The summed E-state index contributed by atoms with van der Waals surface area (Å²) < 4.78 is 1.40. The minimum atomic E-state index is -1.21. The molecule has 0 bridgehead atoms. The van der Waals surface area contributed by atoms with E-state index in [0.717, 1.165) is 16.8 Å². The number of aldehydes is 1. The summed E-state index contributed by atoms with van der Waals surface area (Å²) in [7, 11) is 0. The van der Waals surface area contributed by atoms with Gasteiger partial charge in [0.05, 0.1) is 11.3 Å². The van der Waals surface area contributed by atoms with E-state index in [1.165, 1.54) is 10.9 Å². The molecule has 0 radical (unpaired) electrons. The van der Waals surface area contributed by atoms with E-state index in [-0.39, 0.29) is 11.3 Å². The Bertz CT molecular complexity index is 629. The van der Waals surface area contributed by atoms with Gasteiger partial charge in [-0.15, -0.1) is 0 Å². The topological polar surface area (TPSA) is 72.2 Å². The van der Waals surface area contributed by atoms with Crippen LogP contribution in [-0.4, -0.2) is 27.1 Å². The van der Waals surface area contributed by atoms with Crippen molar-refractivity contribution < 1.29 is 14.7 Å². The van der Waals surface area contributed by atoms with Gasteiger partial charge in [0.1, 0.15) is 0 Å². The Morgan fingerprint density at radius 3 is 2.56 bits per heavy atom. The fraction of sp³-hybridized carbons (Fsp3) is 0.154. The van der Waals surface area contributed by atoms with Crippen molar-refractivity contribution in [3.05, 3.63) is 46.8 Å². The summed E-state index contributed by atoms with van der Waals surface area (Å²) >= 11 is 0. The molecule has 0 fully saturated rings. The van der Waals surface area contributed by atoms with Crippen LogP contribution in [0, 0.1) is 13.8 Å². The zero-order valence-corrected chi connectivity index (χ0v) is 10.0. The van der Waals surface area contributed by atoms with Crippen molar-refractivity contribution >= 4 is 12.3 Å². The second-order valence-electron chi connectivity index (χ2n) is 4.07. The maximum absolute atomic E-state index is 10.9. The molecule has 1 aromatic heterocycles. The highest BCUT2D eigenvalue weighted by Gasteiger charge is 2.15. The van der Waals surface area contributed by atoms with Gasteiger partial charge in [-0.1, -0.05) is 6.07 Å². The van der Waals surface area contributed by atoms with E-state index in [4.69, 9.17) is 5.11 Å². The summed E-state index contributed by atoms with van der Waals surface area (Å²) in [6.07, 6.45) is 1.91. The first-order valence-electron chi connectivity index (χ1n) is 5.38. The van der Waals surface area contributed by atoms with Gasteiger partial charge in [0, 0.05) is 6.20 Å². The second-order valence-corrected chi connectivity index (χ2v) is 4.07. The predicted octanol–water partition coefficient (Wildman–Crippen LogP) is 2.00. The van der Waals surface area contributed by atoms with Gasteiger partial charge >= 0.3 is 5.97 Å². The van der Waals surface area contributed by atoms with E-state index in [0.29, 0.717) is 6.29 Å². The Morgan fingerprint density at radius 1 is 1.33 bits per heavy atom. The predicted molar refractivity (Wildman–Crippen MR) is 65.4 cm³/mol. The molecule has 0 saturated carbocycles. The lowest BCUT2D eigenvalue weighted by atomic mass is 10.1. The highest BCUT2D eigenvalue weighted by molar-refractivity contribution is 5.95. The zero-order valence-electron chi connectivity index (χ0n) is 10.0. The van der Waals surface area contributed by atoms with Crippen molar-refractivity contribution in [2.75, 3.05) is 0 Å². The Labute approximate surface area is 104 Å². The van der Waals surface area contributed by atoms with Crippen molar-refractivity contribution in [3.63, 3.8) is 0 Å². The van der Waals surface area contributed by atoms with E-state index in [9.17, 15) is 9.59 Å². The van der Waals surface area contributed by atoms with Gasteiger partial charge in [-0.25, -0.2) is 9.48 Å². The number of aryl methyl sites for hydroxylation is 2. The average Bonchev–Trinajstić information content (AvgIpc) is 2.77. The van der Waals surface area contributed by atoms with Crippen LogP contribution in [0.1, 0.15) is 32.0 Å². The van der Waals surface area contributed by atoms with E-state index in [2.05, 4.69) is 5.10 Å². The molecule has 0 atom stereocenters. The Morgan fingerprint density at radius 2 is 2.06 bits per heavy atom. The number of carbonyl (C=O) groups is 2. The van der Waals surface area contributed by atoms with Crippen LogP contribution in [0.4, 0.5) is 0 Å². The second kappa shape index (κ2) is 4.44.